The molecule has 0 atom stereocenters. The van der Waals surface area contributed by atoms with Gasteiger partial charge in [0.05, 0.1) is 6.26 Å². The van der Waals surface area contributed by atoms with Gasteiger partial charge in [-0.15, -0.1) is 0 Å². The van der Waals surface area contributed by atoms with Crippen LogP contribution in [0.2, 0.25) is 0 Å². The maximum atomic E-state index is 11.3. The van der Waals surface area contributed by atoms with Crippen LogP contribution in [0.15, 0.2) is 66.3 Å². The first-order valence-electron chi connectivity index (χ1n) is 6.66. The predicted octanol–water partition coefficient (Wildman–Crippen LogP) is 3.45. The highest BCUT2D eigenvalue weighted by atomic mass is 32.2. The molecule has 0 N–H and O–H groups in total. The normalized spacial score (nSPS) is 12.0. The Morgan fingerprint density at radius 2 is 1.55 bits per heavy atom. The Kier molecular flexibility index (Phi) is 4.78. The molecule has 0 aliphatic carbocycles. The number of allylic oxidation sites excluding steroid dienone is 1. The highest BCUT2D eigenvalue weighted by Gasteiger charge is 2.14. The minimum absolute atomic E-state index is 0.449. The second-order valence-corrected chi connectivity index (χ2v) is 6.47. The van der Waals surface area contributed by atoms with E-state index in [-0.39, 0.29) is 0 Å². The zero-order valence-electron chi connectivity index (χ0n) is 12.5. The molecule has 0 radical (unpaired) electrons. The van der Waals surface area contributed by atoms with Crippen LogP contribution in [0.1, 0.15) is 23.6 Å². The Morgan fingerprint density at radius 3 is 2.09 bits per heavy atom. The zero-order valence-corrected chi connectivity index (χ0v) is 13.3. The smallest absolute Gasteiger partial charge is 0.268 e. The Bertz CT molecular complexity index is 809. The number of benzene rings is 2. The third-order valence-corrected chi connectivity index (χ3v) is 3.30. The maximum absolute atomic E-state index is 11.3. The summed E-state index contributed by atoms with van der Waals surface area (Å²) < 4.78 is 27.2. The maximum Gasteiger partial charge on any atom is 0.325 e. The van der Waals surface area contributed by atoms with Gasteiger partial charge >= 0.3 is 10.1 Å². The van der Waals surface area contributed by atoms with Gasteiger partial charge in [0.15, 0.2) is 0 Å². The molecule has 0 heterocycles. The molecule has 0 bridgehead atoms. The van der Waals surface area contributed by atoms with Crippen LogP contribution in [0.25, 0.3) is 5.57 Å². The molecule has 0 aliphatic rings. The van der Waals surface area contributed by atoms with Gasteiger partial charge in [-0.1, -0.05) is 71.9 Å². The van der Waals surface area contributed by atoms with Gasteiger partial charge in [0.25, 0.3) is 0 Å². The molecule has 0 saturated heterocycles. The highest BCUT2D eigenvalue weighted by molar-refractivity contribution is 7.85. The molecule has 5 heteroatoms. The quantitative estimate of drug-likeness (QED) is 0.627. The molecule has 0 aromatic heterocycles. The molecule has 114 valence electrons. The molecule has 2 aromatic rings. The van der Waals surface area contributed by atoms with Crippen molar-refractivity contribution in [3.8, 4) is 0 Å². The van der Waals surface area contributed by atoms with E-state index in [4.69, 9.17) is 0 Å². The third kappa shape index (κ3) is 4.05. The predicted molar refractivity (Wildman–Crippen MR) is 89.2 cm³/mol. The molecule has 4 nitrogen and oxygen atoms in total. The second kappa shape index (κ2) is 6.58. The third-order valence-electron chi connectivity index (χ3n) is 2.95. The fourth-order valence-corrected chi connectivity index (χ4v) is 2.23. The van der Waals surface area contributed by atoms with Gasteiger partial charge in [-0.05, 0) is 12.5 Å². The van der Waals surface area contributed by atoms with Crippen LogP contribution in [0.4, 0.5) is 0 Å². The van der Waals surface area contributed by atoms with E-state index in [0.29, 0.717) is 5.71 Å². The van der Waals surface area contributed by atoms with E-state index in [1.165, 1.54) is 0 Å². The van der Waals surface area contributed by atoms with Crippen molar-refractivity contribution >= 4 is 21.4 Å². The van der Waals surface area contributed by atoms with Crippen LogP contribution in [-0.4, -0.2) is 20.4 Å². The van der Waals surface area contributed by atoms with Gasteiger partial charge in [-0.25, -0.2) is 0 Å². The molecule has 0 aliphatic heterocycles. The van der Waals surface area contributed by atoms with E-state index in [0.717, 1.165) is 28.5 Å². The standard InChI is InChI=1S/C17H17NO3S/c1-13(2)15-11-7-8-12-16(15)17(18-21-22(3,19)20)14-9-5-4-6-10-14/h4-12H,1H2,2-3H3. The van der Waals surface area contributed by atoms with Crippen molar-refractivity contribution in [2.45, 2.75) is 6.92 Å². The van der Waals surface area contributed by atoms with Crippen LogP contribution in [0.5, 0.6) is 0 Å². The van der Waals surface area contributed by atoms with E-state index in [1.54, 1.807) is 0 Å². The molecular weight excluding hydrogens is 298 g/mol. The molecule has 0 fully saturated rings. The van der Waals surface area contributed by atoms with Gasteiger partial charge < -0.3 is 0 Å². The number of rotatable bonds is 5. The molecule has 0 unspecified atom stereocenters. The average Bonchev–Trinajstić information content (AvgIpc) is 2.48. The lowest BCUT2D eigenvalue weighted by Gasteiger charge is -2.11. The van der Waals surface area contributed by atoms with Crippen molar-refractivity contribution in [1.29, 1.82) is 0 Å². The van der Waals surface area contributed by atoms with Crippen molar-refractivity contribution in [2.24, 2.45) is 5.16 Å². The summed E-state index contributed by atoms with van der Waals surface area (Å²) in [6.07, 6.45) is 0.962. The summed E-state index contributed by atoms with van der Waals surface area (Å²) in [5.41, 5.74) is 3.73. The van der Waals surface area contributed by atoms with Crippen LogP contribution in [0, 0.1) is 0 Å². The Hall–Kier alpha value is -2.40. The van der Waals surface area contributed by atoms with Crippen molar-refractivity contribution in [3.05, 3.63) is 77.9 Å². The fourth-order valence-electron chi connectivity index (χ4n) is 2.02. The molecule has 0 saturated carbocycles. The van der Waals surface area contributed by atoms with E-state index in [2.05, 4.69) is 16.0 Å². The number of hydrogen-bond donors (Lipinski definition) is 0. The molecule has 2 aromatic carbocycles. The first-order chi connectivity index (χ1) is 10.4. The first kappa shape index (κ1) is 16.0. The fraction of sp³-hybridized carbons (Fsp3) is 0.118. The van der Waals surface area contributed by atoms with Crippen molar-refractivity contribution in [1.82, 2.24) is 0 Å². The Labute approximate surface area is 130 Å². The molecule has 22 heavy (non-hydrogen) atoms. The summed E-state index contributed by atoms with van der Waals surface area (Å²) in [5, 5.41) is 3.87. The van der Waals surface area contributed by atoms with E-state index in [1.807, 2.05) is 61.5 Å². The molecular formula is C17H17NO3S. The van der Waals surface area contributed by atoms with Crippen LogP contribution >= 0.6 is 0 Å². The lowest BCUT2D eigenvalue weighted by molar-refractivity contribution is 0.343. The largest absolute Gasteiger partial charge is 0.325 e. The topological polar surface area (TPSA) is 55.7 Å². The van der Waals surface area contributed by atoms with Gasteiger partial charge in [-0.3, -0.25) is 4.28 Å². The summed E-state index contributed by atoms with van der Waals surface area (Å²) in [5.74, 6) is 0. The van der Waals surface area contributed by atoms with Crippen LogP contribution < -0.4 is 0 Å². The minimum atomic E-state index is -3.68. The lowest BCUT2D eigenvalue weighted by Crippen LogP contribution is -2.09. The first-order valence-corrected chi connectivity index (χ1v) is 8.47. The summed E-state index contributed by atoms with van der Waals surface area (Å²) in [6, 6.07) is 16.8. The number of oxime groups is 1. The SMILES string of the molecule is C=C(C)c1ccccc1C(=NOS(C)(=O)=O)c1ccccc1. The van der Waals surface area contributed by atoms with E-state index < -0.39 is 10.1 Å². The van der Waals surface area contributed by atoms with Crippen molar-refractivity contribution in [2.75, 3.05) is 6.26 Å². The van der Waals surface area contributed by atoms with Crippen molar-refractivity contribution in [3.63, 3.8) is 0 Å². The van der Waals surface area contributed by atoms with Crippen molar-refractivity contribution < 1.29 is 12.7 Å². The monoisotopic (exact) mass is 315 g/mol. The second-order valence-electron chi connectivity index (χ2n) is 4.91. The molecule has 2 rings (SSSR count). The van der Waals surface area contributed by atoms with Gasteiger partial charge in [0.1, 0.15) is 5.71 Å². The van der Waals surface area contributed by atoms with E-state index >= 15 is 0 Å². The summed E-state index contributed by atoms with van der Waals surface area (Å²) in [7, 11) is -3.68. The molecule has 0 spiro atoms. The average molecular weight is 315 g/mol. The summed E-state index contributed by atoms with van der Waals surface area (Å²) >= 11 is 0. The number of nitrogens with zero attached hydrogens (tertiary/aromatic N) is 1. The van der Waals surface area contributed by atoms with Gasteiger partial charge in [0.2, 0.25) is 0 Å². The molecule has 0 amide bonds. The lowest BCUT2D eigenvalue weighted by atomic mass is 9.94. The van der Waals surface area contributed by atoms with Gasteiger partial charge in [-0.2, -0.15) is 8.42 Å². The number of hydrogen-bond acceptors (Lipinski definition) is 4. The van der Waals surface area contributed by atoms with E-state index in [9.17, 15) is 8.42 Å². The minimum Gasteiger partial charge on any atom is -0.268 e. The van der Waals surface area contributed by atoms with Crippen LogP contribution in [-0.2, 0) is 14.4 Å². The van der Waals surface area contributed by atoms with Crippen LogP contribution in [0.3, 0.4) is 0 Å². The summed E-state index contributed by atoms with van der Waals surface area (Å²) in [6.45, 7) is 5.84. The summed E-state index contributed by atoms with van der Waals surface area (Å²) in [4.78, 5) is 0. The Balaban J connectivity index is 2.62. The Morgan fingerprint density at radius 1 is 1.00 bits per heavy atom. The zero-order chi connectivity index (χ0) is 16.2. The van der Waals surface area contributed by atoms with Gasteiger partial charge in [0, 0.05) is 11.1 Å². The highest BCUT2D eigenvalue weighted by Crippen LogP contribution is 2.21.